The molecule has 1 amide bonds. The van der Waals surface area contributed by atoms with E-state index in [4.69, 9.17) is 0 Å². The topological polar surface area (TPSA) is 79.5 Å². The van der Waals surface area contributed by atoms with Crippen molar-refractivity contribution in [3.8, 4) is 5.75 Å². The first-order valence-electron chi connectivity index (χ1n) is 11.4. The van der Waals surface area contributed by atoms with Crippen molar-refractivity contribution in [1.29, 1.82) is 0 Å². The van der Waals surface area contributed by atoms with E-state index in [1.807, 2.05) is 48.9 Å². The highest BCUT2D eigenvalue weighted by Gasteiger charge is 2.26. The number of hydrogen-bond acceptors (Lipinski definition) is 4. The summed E-state index contributed by atoms with van der Waals surface area (Å²) in [6.07, 6.45) is 2.53. The Kier molecular flexibility index (Phi) is 6.68. The Labute approximate surface area is 196 Å². The molecule has 3 rings (SSSR count). The molecule has 6 nitrogen and oxygen atoms in total. The van der Waals surface area contributed by atoms with Crippen molar-refractivity contribution >= 4 is 23.2 Å². The molecule has 1 heterocycles. The molecule has 0 bridgehead atoms. The number of carbonyl (C=O) groups is 1. The van der Waals surface area contributed by atoms with Crippen LogP contribution in [-0.2, 0) is 29.1 Å². The first-order valence-corrected chi connectivity index (χ1v) is 11.4. The van der Waals surface area contributed by atoms with Crippen LogP contribution in [0.4, 0.5) is 0 Å². The number of benzene rings is 2. The normalized spacial score (nSPS) is 12.6. The minimum atomic E-state index is -0.195. The zero-order chi connectivity index (χ0) is 24.6. The van der Waals surface area contributed by atoms with Crippen molar-refractivity contribution in [3.63, 3.8) is 0 Å². The Morgan fingerprint density at radius 3 is 2.27 bits per heavy atom. The van der Waals surface area contributed by atoms with Crippen LogP contribution in [0, 0.1) is 6.92 Å². The fourth-order valence-electron chi connectivity index (χ4n) is 3.89. The number of nitrogens with zero attached hydrogens (tertiary/aromatic N) is 3. The van der Waals surface area contributed by atoms with Gasteiger partial charge < -0.3 is 9.67 Å². The second-order valence-corrected chi connectivity index (χ2v) is 10.8. The predicted octanol–water partition coefficient (Wildman–Crippen LogP) is 5.27. The van der Waals surface area contributed by atoms with Gasteiger partial charge in [0.25, 0.3) is 0 Å². The van der Waals surface area contributed by atoms with Gasteiger partial charge in [-0.25, -0.2) is 10.4 Å². The van der Waals surface area contributed by atoms with Gasteiger partial charge in [0.05, 0.1) is 17.2 Å². The molecule has 0 aliphatic rings. The number of aryl methyl sites for hydroxylation is 3. The standard InChI is InChI=1S/C27H36N4O2/c1-17-29-22-15-19(9-11-23(22)31(17)8)16-28-30-24(32)12-10-18-13-20(26(2,3)4)25(33)21(14-18)27(5,6)7/h9,11,13-16,33H,10,12H2,1-8H3,(H,30,32). The third-order valence-corrected chi connectivity index (χ3v) is 5.96. The number of phenolic OH excluding ortho intramolecular Hbond substituents is 1. The van der Waals surface area contributed by atoms with Crippen LogP contribution in [-0.4, -0.2) is 26.8 Å². The largest absolute Gasteiger partial charge is 0.507 e. The SMILES string of the molecule is Cc1nc2cc(C=NNC(=O)CCc3cc(C(C)(C)C)c(O)c(C(C)(C)C)c3)ccc2n1C. The average molecular weight is 449 g/mol. The fourth-order valence-corrected chi connectivity index (χ4v) is 3.89. The summed E-state index contributed by atoms with van der Waals surface area (Å²) in [4.78, 5) is 16.9. The van der Waals surface area contributed by atoms with Gasteiger partial charge in [-0.15, -0.1) is 0 Å². The van der Waals surface area contributed by atoms with Crippen LogP contribution in [0.3, 0.4) is 0 Å². The number of fused-ring (bicyclic) bond motifs is 1. The van der Waals surface area contributed by atoms with Crippen LogP contribution in [0.25, 0.3) is 11.0 Å². The van der Waals surface area contributed by atoms with Gasteiger partial charge in [-0.3, -0.25) is 4.79 Å². The van der Waals surface area contributed by atoms with Crippen LogP contribution < -0.4 is 5.43 Å². The summed E-state index contributed by atoms with van der Waals surface area (Å²) in [7, 11) is 1.99. The second kappa shape index (κ2) is 9.00. The number of nitrogens with one attached hydrogen (secondary N) is 1. The lowest BCUT2D eigenvalue weighted by Gasteiger charge is -2.28. The Balaban J connectivity index is 1.68. The molecule has 0 fully saturated rings. The van der Waals surface area contributed by atoms with Gasteiger partial charge in [0.2, 0.25) is 5.91 Å². The van der Waals surface area contributed by atoms with Crippen molar-refractivity contribution in [2.24, 2.45) is 12.1 Å². The number of rotatable bonds is 5. The first-order chi connectivity index (χ1) is 15.3. The number of carbonyl (C=O) groups excluding carboxylic acids is 1. The van der Waals surface area contributed by atoms with Crippen LogP contribution in [0.1, 0.15) is 76.0 Å². The van der Waals surface area contributed by atoms with Crippen molar-refractivity contribution in [1.82, 2.24) is 15.0 Å². The highest BCUT2D eigenvalue weighted by atomic mass is 16.3. The molecule has 0 spiro atoms. The summed E-state index contributed by atoms with van der Waals surface area (Å²) in [5.41, 5.74) is 7.93. The highest BCUT2D eigenvalue weighted by molar-refractivity contribution is 5.88. The zero-order valence-electron chi connectivity index (χ0n) is 21.1. The molecule has 33 heavy (non-hydrogen) atoms. The molecule has 3 aromatic rings. The van der Waals surface area contributed by atoms with Crippen LogP contribution in [0.15, 0.2) is 35.4 Å². The molecule has 0 saturated heterocycles. The minimum absolute atomic E-state index is 0.149. The van der Waals surface area contributed by atoms with Crippen LogP contribution in [0.2, 0.25) is 0 Å². The summed E-state index contributed by atoms with van der Waals surface area (Å²) in [5.74, 6) is 1.16. The van der Waals surface area contributed by atoms with E-state index in [2.05, 4.69) is 57.1 Å². The van der Waals surface area contributed by atoms with Crippen molar-refractivity contribution in [3.05, 3.63) is 58.4 Å². The number of aromatic hydroxyl groups is 1. The van der Waals surface area contributed by atoms with Crippen molar-refractivity contribution in [2.45, 2.75) is 72.1 Å². The van der Waals surface area contributed by atoms with E-state index in [0.29, 0.717) is 18.6 Å². The number of phenols is 1. The molecule has 0 aliphatic heterocycles. The number of amides is 1. The molecule has 176 valence electrons. The average Bonchev–Trinajstić information content (AvgIpc) is 2.98. The quantitative estimate of drug-likeness (QED) is 0.412. The molecule has 0 atom stereocenters. The maximum Gasteiger partial charge on any atom is 0.240 e. The lowest BCUT2D eigenvalue weighted by atomic mass is 9.78. The molecule has 0 aliphatic carbocycles. The van der Waals surface area contributed by atoms with Gasteiger partial charge in [-0.05, 0) is 58.6 Å². The molecule has 6 heteroatoms. The van der Waals surface area contributed by atoms with E-state index >= 15 is 0 Å². The lowest BCUT2D eigenvalue weighted by molar-refractivity contribution is -0.121. The maximum absolute atomic E-state index is 12.4. The third-order valence-electron chi connectivity index (χ3n) is 5.96. The predicted molar refractivity (Wildman–Crippen MR) is 135 cm³/mol. The maximum atomic E-state index is 12.4. The van der Waals surface area contributed by atoms with Crippen LogP contribution >= 0.6 is 0 Å². The number of aromatic nitrogens is 2. The van der Waals surface area contributed by atoms with Gasteiger partial charge in [0.1, 0.15) is 11.6 Å². The Morgan fingerprint density at radius 2 is 1.70 bits per heavy atom. The monoisotopic (exact) mass is 448 g/mol. The molecule has 0 radical (unpaired) electrons. The van der Waals surface area contributed by atoms with Gasteiger partial charge in [-0.1, -0.05) is 59.7 Å². The molecule has 1 aromatic heterocycles. The van der Waals surface area contributed by atoms with Gasteiger partial charge >= 0.3 is 0 Å². The molecular formula is C27H36N4O2. The summed E-state index contributed by atoms with van der Waals surface area (Å²) in [5, 5.41) is 15.0. The Bertz CT molecular complexity index is 1170. The third kappa shape index (κ3) is 5.62. The molecular weight excluding hydrogens is 412 g/mol. The summed E-state index contributed by atoms with van der Waals surface area (Å²) in [6, 6.07) is 9.95. The van der Waals surface area contributed by atoms with Gasteiger partial charge in [0.15, 0.2) is 0 Å². The smallest absolute Gasteiger partial charge is 0.240 e. The Morgan fingerprint density at radius 1 is 1.09 bits per heavy atom. The first kappa shape index (κ1) is 24.5. The molecule has 2 aromatic carbocycles. The van der Waals surface area contributed by atoms with E-state index in [-0.39, 0.29) is 16.7 Å². The van der Waals surface area contributed by atoms with Crippen molar-refractivity contribution < 1.29 is 9.90 Å². The molecule has 0 saturated carbocycles. The van der Waals surface area contributed by atoms with E-state index in [1.54, 1.807) is 6.21 Å². The summed E-state index contributed by atoms with van der Waals surface area (Å²) >= 11 is 0. The molecule has 2 N–H and O–H groups in total. The molecule has 0 unspecified atom stereocenters. The summed E-state index contributed by atoms with van der Waals surface area (Å²) in [6.45, 7) is 14.5. The minimum Gasteiger partial charge on any atom is -0.507 e. The van der Waals surface area contributed by atoms with E-state index < -0.39 is 0 Å². The highest BCUT2D eigenvalue weighted by Crippen LogP contribution is 2.40. The van der Waals surface area contributed by atoms with Gasteiger partial charge in [0, 0.05) is 13.5 Å². The van der Waals surface area contributed by atoms with Crippen LogP contribution in [0.5, 0.6) is 5.75 Å². The Hall–Kier alpha value is -3.15. The van der Waals surface area contributed by atoms with E-state index in [0.717, 1.165) is 39.1 Å². The fraction of sp³-hybridized carbons (Fsp3) is 0.444. The number of hydrogen-bond donors (Lipinski definition) is 2. The van der Waals surface area contributed by atoms with E-state index in [9.17, 15) is 9.90 Å². The number of hydrazone groups is 1. The van der Waals surface area contributed by atoms with Crippen molar-refractivity contribution in [2.75, 3.05) is 0 Å². The number of imidazole rings is 1. The van der Waals surface area contributed by atoms with Gasteiger partial charge in [-0.2, -0.15) is 5.10 Å². The van der Waals surface area contributed by atoms with E-state index in [1.165, 1.54) is 0 Å². The second-order valence-electron chi connectivity index (χ2n) is 10.8. The summed E-state index contributed by atoms with van der Waals surface area (Å²) < 4.78 is 2.04. The lowest BCUT2D eigenvalue weighted by Crippen LogP contribution is -2.20. The zero-order valence-corrected chi connectivity index (χ0v) is 21.1.